The average molecular weight is 495 g/mol. The van der Waals surface area contributed by atoms with Crippen molar-refractivity contribution in [2.75, 3.05) is 26.6 Å². The van der Waals surface area contributed by atoms with Crippen LogP contribution in [0.2, 0.25) is 0 Å². The number of furan rings is 1. The molecule has 3 aromatic heterocycles. The number of carbonyl (C=O) groups excluding carboxylic acids is 1. The van der Waals surface area contributed by atoms with Gasteiger partial charge in [0.1, 0.15) is 11.5 Å². The molecule has 0 atom stereocenters. The lowest BCUT2D eigenvalue weighted by Gasteiger charge is -2.10. The van der Waals surface area contributed by atoms with Gasteiger partial charge in [-0.05, 0) is 50.6 Å². The third-order valence-electron chi connectivity index (χ3n) is 5.88. The van der Waals surface area contributed by atoms with E-state index in [1.165, 1.54) is 11.8 Å². The number of hydrogen-bond donors (Lipinski definition) is 0. The summed E-state index contributed by atoms with van der Waals surface area (Å²) in [6.07, 6.45) is 2.54. The van der Waals surface area contributed by atoms with Crippen LogP contribution in [0.25, 0.3) is 11.4 Å². The Bertz CT molecular complexity index is 1280. The number of aromatic nitrogens is 4. The molecule has 4 aromatic rings. The smallest absolute Gasteiger partial charge is 0.192 e. The Hall–Kier alpha value is -3.30. The summed E-state index contributed by atoms with van der Waals surface area (Å²) >= 11 is 1.38. The quantitative estimate of drug-likeness (QED) is 0.155. The van der Waals surface area contributed by atoms with Gasteiger partial charge >= 0.3 is 0 Å². The largest absolute Gasteiger partial charge is 0.497 e. The van der Waals surface area contributed by atoms with E-state index in [1.54, 1.807) is 20.5 Å². The first-order chi connectivity index (χ1) is 17.0. The Kier molecular flexibility index (Phi) is 8.09. The van der Waals surface area contributed by atoms with Crippen LogP contribution in [0.5, 0.6) is 5.75 Å². The summed E-state index contributed by atoms with van der Waals surface area (Å²) in [4.78, 5) is 13.2. The standard InChI is InChI=1S/C26H30N4O4S/c1-18-14-23(19(2)29(18)11-7-12-32-3)24(31)17-35-26-28-27-25(20-8-5-9-21(15-20)33-4)30(26)16-22-10-6-13-34-22/h5-6,8-10,13-15H,7,11-12,16-17H2,1-4H3. The summed E-state index contributed by atoms with van der Waals surface area (Å²) in [7, 11) is 3.33. The van der Waals surface area contributed by atoms with Crippen molar-refractivity contribution in [2.24, 2.45) is 0 Å². The normalized spacial score (nSPS) is 11.2. The highest BCUT2D eigenvalue weighted by atomic mass is 32.2. The van der Waals surface area contributed by atoms with Crippen molar-refractivity contribution in [2.45, 2.75) is 38.5 Å². The molecule has 4 rings (SSSR count). The zero-order chi connectivity index (χ0) is 24.8. The average Bonchev–Trinajstić information content (AvgIpc) is 3.59. The van der Waals surface area contributed by atoms with Crippen LogP contribution < -0.4 is 4.74 Å². The Morgan fingerprint density at radius 2 is 1.94 bits per heavy atom. The van der Waals surface area contributed by atoms with Gasteiger partial charge < -0.3 is 18.5 Å². The third-order valence-corrected chi connectivity index (χ3v) is 6.84. The molecule has 0 fully saturated rings. The van der Waals surface area contributed by atoms with Crippen LogP contribution in [0.15, 0.2) is 58.3 Å². The Morgan fingerprint density at radius 3 is 2.69 bits per heavy atom. The Balaban J connectivity index is 1.56. The fourth-order valence-electron chi connectivity index (χ4n) is 4.07. The van der Waals surface area contributed by atoms with E-state index in [9.17, 15) is 4.79 Å². The van der Waals surface area contributed by atoms with Crippen LogP contribution in [0.1, 0.15) is 33.9 Å². The van der Waals surface area contributed by atoms with Gasteiger partial charge in [-0.3, -0.25) is 9.36 Å². The van der Waals surface area contributed by atoms with Gasteiger partial charge in [0, 0.05) is 42.8 Å². The van der Waals surface area contributed by atoms with E-state index in [2.05, 4.69) is 14.8 Å². The van der Waals surface area contributed by atoms with Crippen LogP contribution in [-0.4, -0.2) is 51.7 Å². The van der Waals surface area contributed by atoms with E-state index in [0.717, 1.165) is 47.0 Å². The molecule has 0 spiro atoms. The molecule has 3 heterocycles. The molecule has 0 saturated heterocycles. The number of ketones is 1. The maximum atomic E-state index is 13.2. The Morgan fingerprint density at radius 1 is 1.09 bits per heavy atom. The van der Waals surface area contributed by atoms with Gasteiger partial charge in [-0.1, -0.05) is 23.9 Å². The molecule has 0 aliphatic heterocycles. The zero-order valence-electron chi connectivity index (χ0n) is 20.5. The number of ether oxygens (including phenoxy) is 2. The molecule has 0 aliphatic carbocycles. The number of hydrogen-bond acceptors (Lipinski definition) is 7. The van der Waals surface area contributed by atoms with Crippen LogP contribution in [0.4, 0.5) is 0 Å². The molecular formula is C26H30N4O4S. The van der Waals surface area contributed by atoms with E-state index in [0.29, 0.717) is 24.1 Å². The highest BCUT2D eigenvalue weighted by Gasteiger charge is 2.20. The molecule has 1 aromatic carbocycles. The first-order valence-electron chi connectivity index (χ1n) is 11.4. The minimum absolute atomic E-state index is 0.0663. The summed E-state index contributed by atoms with van der Waals surface area (Å²) in [6.45, 7) is 6.00. The first-order valence-corrected chi connectivity index (χ1v) is 12.4. The highest BCUT2D eigenvalue weighted by molar-refractivity contribution is 7.99. The third kappa shape index (κ3) is 5.68. The van der Waals surface area contributed by atoms with Gasteiger partial charge in [0.2, 0.25) is 0 Å². The van der Waals surface area contributed by atoms with Crippen molar-refractivity contribution in [3.05, 3.63) is 71.4 Å². The molecule has 35 heavy (non-hydrogen) atoms. The summed E-state index contributed by atoms with van der Waals surface area (Å²) < 4.78 is 20.3. The number of methoxy groups -OCH3 is 2. The predicted molar refractivity (Wildman–Crippen MR) is 135 cm³/mol. The van der Waals surface area contributed by atoms with Gasteiger partial charge in [-0.15, -0.1) is 10.2 Å². The van der Waals surface area contributed by atoms with Crippen LogP contribution >= 0.6 is 11.8 Å². The second-order valence-electron chi connectivity index (χ2n) is 8.20. The molecule has 0 unspecified atom stereocenters. The molecule has 0 N–H and O–H groups in total. The maximum Gasteiger partial charge on any atom is 0.192 e. The summed E-state index contributed by atoms with van der Waals surface area (Å²) in [6, 6.07) is 13.4. The first kappa shape index (κ1) is 24.8. The number of thioether (sulfide) groups is 1. The lowest BCUT2D eigenvalue weighted by molar-refractivity contribution is 0.102. The molecule has 0 bridgehead atoms. The lowest BCUT2D eigenvalue weighted by Crippen LogP contribution is -2.09. The molecule has 184 valence electrons. The van der Waals surface area contributed by atoms with Crippen LogP contribution in [0, 0.1) is 13.8 Å². The minimum atomic E-state index is 0.0663. The SMILES string of the molecule is COCCCn1c(C)cc(C(=O)CSc2nnc(-c3cccc(OC)c3)n2Cc2ccco2)c1C. The number of benzene rings is 1. The number of nitrogens with zero attached hydrogens (tertiary/aromatic N) is 4. The summed E-state index contributed by atoms with van der Waals surface area (Å²) in [5, 5.41) is 9.50. The minimum Gasteiger partial charge on any atom is -0.497 e. The lowest BCUT2D eigenvalue weighted by atomic mass is 10.2. The van der Waals surface area contributed by atoms with E-state index in [4.69, 9.17) is 13.9 Å². The van der Waals surface area contributed by atoms with Gasteiger partial charge in [0.25, 0.3) is 0 Å². The molecule has 9 heteroatoms. The summed E-state index contributed by atoms with van der Waals surface area (Å²) in [5.74, 6) is 2.53. The van der Waals surface area contributed by atoms with Crippen LogP contribution in [0.3, 0.4) is 0 Å². The fourth-order valence-corrected chi connectivity index (χ4v) is 4.90. The van der Waals surface area contributed by atoms with Crippen molar-refractivity contribution >= 4 is 17.5 Å². The van der Waals surface area contributed by atoms with Crippen LogP contribution in [-0.2, 0) is 17.8 Å². The molecule has 0 amide bonds. The van der Waals surface area contributed by atoms with Crippen molar-refractivity contribution in [1.82, 2.24) is 19.3 Å². The van der Waals surface area contributed by atoms with Crippen molar-refractivity contribution in [1.29, 1.82) is 0 Å². The van der Waals surface area contributed by atoms with Gasteiger partial charge in [0.15, 0.2) is 16.8 Å². The monoisotopic (exact) mass is 494 g/mol. The molecule has 8 nitrogen and oxygen atoms in total. The zero-order valence-corrected chi connectivity index (χ0v) is 21.3. The van der Waals surface area contributed by atoms with Crippen molar-refractivity contribution in [3.8, 4) is 17.1 Å². The topological polar surface area (TPSA) is 84.3 Å². The molecular weight excluding hydrogens is 464 g/mol. The molecule has 0 radical (unpaired) electrons. The number of carbonyl (C=O) groups is 1. The van der Waals surface area contributed by atoms with Gasteiger partial charge in [-0.25, -0.2) is 0 Å². The summed E-state index contributed by atoms with van der Waals surface area (Å²) in [5.41, 5.74) is 3.69. The highest BCUT2D eigenvalue weighted by Crippen LogP contribution is 2.28. The van der Waals surface area contributed by atoms with Crippen molar-refractivity contribution in [3.63, 3.8) is 0 Å². The van der Waals surface area contributed by atoms with Gasteiger partial charge in [0.05, 0.1) is 25.7 Å². The number of aryl methyl sites for hydroxylation is 1. The number of rotatable bonds is 12. The second kappa shape index (κ2) is 11.4. The fraction of sp³-hybridized carbons (Fsp3) is 0.346. The second-order valence-corrected chi connectivity index (χ2v) is 9.14. The van der Waals surface area contributed by atoms with E-state index in [-0.39, 0.29) is 11.5 Å². The van der Waals surface area contributed by atoms with E-state index in [1.807, 2.05) is 60.9 Å². The Labute approximate surface area is 209 Å². The van der Waals surface area contributed by atoms with E-state index < -0.39 is 0 Å². The predicted octanol–water partition coefficient (Wildman–Crippen LogP) is 5.02. The maximum absolute atomic E-state index is 13.2. The molecule has 0 aliphatic rings. The van der Waals surface area contributed by atoms with Crippen molar-refractivity contribution < 1.29 is 18.7 Å². The molecule has 0 saturated carbocycles. The number of Topliss-reactive ketones (excluding diaryl/α,β-unsaturated/α-hetero) is 1. The van der Waals surface area contributed by atoms with E-state index >= 15 is 0 Å². The van der Waals surface area contributed by atoms with Gasteiger partial charge in [-0.2, -0.15) is 0 Å².